The van der Waals surface area contributed by atoms with Crippen LogP contribution in [0.1, 0.15) is 0 Å². The summed E-state index contributed by atoms with van der Waals surface area (Å²) in [5.41, 5.74) is 0. The fraction of sp³-hybridized carbons (Fsp3) is 0.200. The zero-order chi connectivity index (χ0) is 9.68. The maximum absolute atomic E-state index is 5.12. The molecule has 0 aliphatic carbocycles. The van der Waals surface area contributed by atoms with Gasteiger partial charge in [-0.25, -0.2) is 0 Å². The standard InChI is InChI=1S/C10H12O2S/c1-4-13-10-6-8(11-2)5-9(7-10)12-3/h4-7H,1H2,2-3H3. The normalized spacial score (nSPS) is 9.38. The number of rotatable bonds is 4. The molecule has 1 rings (SSSR count). The molecule has 0 aromatic heterocycles. The lowest BCUT2D eigenvalue weighted by atomic mass is 10.3. The molecule has 0 N–H and O–H groups in total. The van der Waals surface area contributed by atoms with E-state index in [-0.39, 0.29) is 0 Å². The Labute approximate surface area is 82.6 Å². The predicted octanol–water partition coefficient (Wildman–Crippen LogP) is 2.94. The van der Waals surface area contributed by atoms with E-state index in [2.05, 4.69) is 6.58 Å². The molecule has 3 heteroatoms. The van der Waals surface area contributed by atoms with E-state index in [1.54, 1.807) is 19.6 Å². The lowest BCUT2D eigenvalue weighted by molar-refractivity contribution is 0.392. The second-order valence-corrected chi connectivity index (χ2v) is 3.37. The van der Waals surface area contributed by atoms with Gasteiger partial charge < -0.3 is 9.47 Å². The van der Waals surface area contributed by atoms with Crippen LogP contribution < -0.4 is 9.47 Å². The molecule has 0 bridgehead atoms. The SMILES string of the molecule is C=CSc1cc(OC)cc(OC)c1. The molecule has 0 amide bonds. The van der Waals surface area contributed by atoms with E-state index < -0.39 is 0 Å². The summed E-state index contributed by atoms with van der Waals surface area (Å²) < 4.78 is 10.2. The third-order valence-corrected chi connectivity index (χ3v) is 2.22. The molecule has 0 spiro atoms. The van der Waals surface area contributed by atoms with Crippen LogP contribution in [0.5, 0.6) is 11.5 Å². The zero-order valence-electron chi connectivity index (χ0n) is 7.74. The lowest BCUT2D eigenvalue weighted by Crippen LogP contribution is -1.87. The minimum atomic E-state index is 0.795. The molecule has 0 fully saturated rings. The summed E-state index contributed by atoms with van der Waals surface area (Å²) >= 11 is 1.54. The summed E-state index contributed by atoms with van der Waals surface area (Å²) in [7, 11) is 3.27. The van der Waals surface area contributed by atoms with Crippen molar-refractivity contribution < 1.29 is 9.47 Å². The Balaban J connectivity index is 2.99. The molecule has 0 saturated carbocycles. The molecule has 1 aromatic carbocycles. The van der Waals surface area contributed by atoms with E-state index in [4.69, 9.17) is 9.47 Å². The van der Waals surface area contributed by atoms with Gasteiger partial charge in [0.1, 0.15) is 11.5 Å². The van der Waals surface area contributed by atoms with Crippen molar-refractivity contribution in [2.75, 3.05) is 14.2 Å². The smallest absolute Gasteiger partial charge is 0.123 e. The second kappa shape index (κ2) is 4.82. The summed E-state index contributed by atoms with van der Waals surface area (Å²) in [6.07, 6.45) is 0. The van der Waals surface area contributed by atoms with Crippen molar-refractivity contribution in [1.29, 1.82) is 0 Å². The quantitative estimate of drug-likeness (QED) is 0.690. The highest BCUT2D eigenvalue weighted by molar-refractivity contribution is 8.02. The number of methoxy groups -OCH3 is 2. The first kappa shape index (κ1) is 9.99. The topological polar surface area (TPSA) is 18.5 Å². The third-order valence-electron chi connectivity index (χ3n) is 1.54. The van der Waals surface area contributed by atoms with Crippen molar-refractivity contribution in [3.8, 4) is 11.5 Å². The highest BCUT2D eigenvalue weighted by atomic mass is 32.2. The third kappa shape index (κ3) is 2.70. The van der Waals surface area contributed by atoms with Gasteiger partial charge in [0.05, 0.1) is 14.2 Å². The van der Waals surface area contributed by atoms with Gasteiger partial charge in [-0.2, -0.15) is 0 Å². The Bertz CT molecular complexity index is 275. The summed E-state index contributed by atoms with van der Waals surface area (Å²) in [6.45, 7) is 3.65. The van der Waals surface area contributed by atoms with Gasteiger partial charge >= 0.3 is 0 Å². The van der Waals surface area contributed by atoms with Crippen molar-refractivity contribution in [1.82, 2.24) is 0 Å². The molecule has 0 radical (unpaired) electrons. The predicted molar refractivity (Wildman–Crippen MR) is 55.6 cm³/mol. The fourth-order valence-corrected chi connectivity index (χ4v) is 1.51. The maximum atomic E-state index is 5.12. The lowest BCUT2D eigenvalue weighted by Gasteiger charge is -2.06. The minimum absolute atomic E-state index is 0.795. The van der Waals surface area contributed by atoms with Gasteiger partial charge in [-0.1, -0.05) is 18.3 Å². The Morgan fingerprint density at radius 1 is 1.15 bits per heavy atom. The monoisotopic (exact) mass is 196 g/mol. The van der Waals surface area contributed by atoms with Gasteiger partial charge in [0.15, 0.2) is 0 Å². The van der Waals surface area contributed by atoms with Crippen LogP contribution in [0, 0.1) is 0 Å². The van der Waals surface area contributed by atoms with Crippen LogP contribution in [-0.4, -0.2) is 14.2 Å². The van der Waals surface area contributed by atoms with Gasteiger partial charge in [0, 0.05) is 11.0 Å². The van der Waals surface area contributed by atoms with E-state index in [0.717, 1.165) is 16.4 Å². The molecule has 0 aliphatic rings. The number of hydrogen-bond donors (Lipinski definition) is 0. The largest absolute Gasteiger partial charge is 0.497 e. The molecule has 0 unspecified atom stereocenters. The zero-order valence-corrected chi connectivity index (χ0v) is 8.56. The van der Waals surface area contributed by atoms with Crippen molar-refractivity contribution in [3.05, 3.63) is 30.2 Å². The summed E-state index contributed by atoms with van der Waals surface area (Å²) in [5.74, 6) is 1.59. The Kier molecular flexibility index (Phi) is 3.71. The minimum Gasteiger partial charge on any atom is -0.497 e. The number of hydrogen-bond acceptors (Lipinski definition) is 3. The molecule has 2 nitrogen and oxygen atoms in total. The van der Waals surface area contributed by atoms with Crippen LogP contribution in [0.15, 0.2) is 35.1 Å². The fourth-order valence-electron chi connectivity index (χ4n) is 0.946. The van der Waals surface area contributed by atoms with Crippen molar-refractivity contribution in [2.45, 2.75) is 4.90 Å². The molecule has 0 atom stereocenters. The highest BCUT2D eigenvalue weighted by Crippen LogP contribution is 2.29. The van der Waals surface area contributed by atoms with Gasteiger partial charge in [-0.05, 0) is 17.5 Å². The Hall–Kier alpha value is -1.09. The van der Waals surface area contributed by atoms with Crippen molar-refractivity contribution in [3.63, 3.8) is 0 Å². The van der Waals surface area contributed by atoms with E-state index in [1.165, 1.54) is 11.8 Å². The van der Waals surface area contributed by atoms with Gasteiger partial charge in [0.2, 0.25) is 0 Å². The highest BCUT2D eigenvalue weighted by Gasteiger charge is 2.00. The molecule has 0 heterocycles. The van der Waals surface area contributed by atoms with E-state index in [9.17, 15) is 0 Å². The molecular weight excluding hydrogens is 184 g/mol. The first-order valence-electron chi connectivity index (χ1n) is 3.80. The Morgan fingerprint density at radius 2 is 1.69 bits per heavy atom. The maximum Gasteiger partial charge on any atom is 0.123 e. The Morgan fingerprint density at radius 3 is 2.08 bits per heavy atom. The first-order chi connectivity index (χ1) is 6.30. The van der Waals surface area contributed by atoms with Crippen molar-refractivity contribution >= 4 is 11.8 Å². The van der Waals surface area contributed by atoms with Crippen LogP contribution >= 0.6 is 11.8 Å². The van der Waals surface area contributed by atoms with Gasteiger partial charge in [0.25, 0.3) is 0 Å². The molecule has 1 aromatic rings. The molecule has 70 valence electrons. The van der Waals surface area contributed by atoms with Crippen LogP contribution in [0.25, 0.3) is 0 Å². The summed E-state index contributed by atoms with van der Waals surface area (Å²) in [5, 5.41) is 1.77. The second-order valence-electron chi connectivity index (χ2n) is 2.33. The van der Waals surface area contributed by atoms with E-state index in [0.29, 0.717) is 0 Å². The van der Waals surface area contributed by atoms with Crippen LogP contribution in [0.4, 0.5) is 0 Å². The van der Waals surface area contributed by atoms with Crippen LogP contribution in [-0.2, 0) is 0 Å². The molecule has 13 heavy (non-hydrogen) atoms. The van der Waals surface area contributed by atoms with E-state index >= 15 is 0 Å². The van der Waals surface area contributed by atoms with E-state index in [1.807, 2.05) is 18.2 Å². The number of ether oxygens (including phenoxy) is 2. The first-order valence-corrected chi connectivity index (χ1v) is 4.68. The number of benzene rings is 1. The summed E-state index contributed by atoms with van der Waals surface area (Å²) in [4.78, 5) is 1.06. The van der Waals surface area contributed by atoms with Crippen LogP contribution in [0.3, 0.4) is 0 Å². The molecular formula is C10H12O2S. The van der Waals surface area contributed by atoms with Gasteiger partial charge in [-0.15, -0.1) is 0 Å². The van der Waals surface area contributed by atoms with Gasteiger partial charge in [-0.3, -0.25) is 0 Å². The average Bonchev–Trinajstić information content (AvgIpc) is 2.17. The molecule has 0 saturated heterocycles. The number of thioether (sulfide) groups is 1. The average molecular weight is 196 g/mol. The van der Waals surface area contributed by atoms with Crippen LogP contribution in [0.2, 0.25) is 0 Å². The summed E-state index contributed by atoms with van der Waals surface area (Å²) in [6, 6.07) is 5.72. The van der Waals surface area contributed by atoms with Crippen molar-refractivity contribution in [2.24, 2.45) is 0 Å². The molecule has 0 aliphatic heterocycles.